The summed E-state index contributed by atoms with van der Waals surface area (Å²) in [5.74, 6) is 5.48. The number of halogens is 4. The summed E-state index contributed by atoms with van der Waals surface area (Å²) in [5.41, 5.74) is 1.30. The molecule has 0 amide bonds. The van der Waals surface area contributed by atoms with Crippen molar-refractivity contribution in [3.8, 4) is 17.6 Å². The van der Waals surface area contributed by atoms with Crippen molar-refractivity contribution in [1.82, 2.24) is 0 Å². The maximum Gasteiger partial charge on any atom is 0.422 e. The largest absolute Gasteiger partial charge is 0.483 e. The van der Waals surface area contributed by atoms with Crippen LogP contribution in [-0.2, 0) is 0 Å². The third kappa shape index (κ3) is 5.01. The third-order valence-corrected chi connectivity index (χ3v) is 1.95. The van der Waals surface area contributed by atoms with Crippen LogP contribution >= 0.6 is 11.6 Å². The lowest BCUT2D eigenvalue weighted by molar-refractivity contribution is -0.153. The van der Waals surface area contributed by atoms with Crippen LogP contribution in [0.2, 0.25) is 0 Å². The highest BCUT2D eigenvalue weighted by atomic mass is 35.5. The normalized spacial score (nSPS) is 10.6. The van der Waals surface area contributed by atoms with Crippen molar-refractivity contribution >= 4 is 11.6 Å². The summed E-state index contributed by atoms with van der Waals surface area (Å²) >= 11 is 5.40. The first-order valence-corrected chi connectivity index (χ1v) is 5.31. The fourth-order valence-electron chi connectivity index (χ4n) is 1.16. The Bertz CT molecular complexity index is 443. The Hall–Kier alpha value is -1.34. The molecule has 0 aliphatic heterocycles. The summed E-state index contributed by atoms with van der Waals surface area (Å²) < 4.78 is 40.7. The molecule has 0 N–H and O–H groups in total. The standard InChI is InChI=1S/C12H10ClF3O/c1-9-4-5-11(17-8-12(14,15)16)10(7-9)3-2-6-13/h4-5,7H,6,8H2,1H3. The highest BCUT2D eigenvalue weighted by molar-refractivity contribution is 6.19. The van der Waals surface area contributed by atoms with Crippen LogP contribution in [0.25, 0.3) is 0 Å². The van der Waals surface area contributed by atoms with Gasteiger partial charge in [-0.15, -0.1) is 11.6 Å². The lowest BCUT2D eigenvalue weighted by Gasteiger charge is -2.11. The quantitative estimate of drug-likeness (QED) is 0.585. The molecule has 1 rings (SSSR count). The molecule has 0 aliphatic carbocycles. The summed E-state index contributed by atoms with van der Waals surface area (Å²) in [7, 11) is 0. The van der Waals surface area contributed by atoms with E-state index in [2.05, 4.69) is 16.6 Å². The molecular formula is C12H10ClF3O. The molecule has 0 bridgehead atoms. The van der Waals surface area contributed by atoms with Gasteiger partial charge in [0.15, 0.2) is 6.61 Å². The molecule has 17 heavy (non-hydrogen) atoms. The lowest BCUT2D eigenvalue weighted by atomic mass is 10.1. The predicted octanol–water partition coefficient (Wildman–Crippen LogP) is 3.53. The Morgan fingerprint density at radius 3 is 2.65 bits per heavy atom. The zero-order valence-corrected chi connectivity index (χ0v) is 9.82. The summed E-state index contributed by atoms with van der Waals surface area (Å²) in [4.78, 5) is 0. The molecule has 0 heterocycles. The van der Waals surface area contributed by atoms with E-state index in [1.54, 1.807) is 12.1 Å². The van der Waals surface area contributed by atoms with E-state index in [1.807, 2.05) is 6.92 Å². The molecule has 0 spiro atoms. The first-order valence-electron chi connectivity index (χ1n) is 4.77. The Labute approximate surface area is 103 Å². The highest BCUT2D eigenvalue weighted by Gasteiger charge is 2.28. The van der Waals surface area contributed by atoms with E-state index >= 15 is 0 Å². The summed E-state index contributed by atoms with van der Waals surface area (Å²) in [6.45, 7) is 0.491. The van der Waals surface area contributed by atoms with E-state index in [9.17, 15) is 13.2 Å². The summed E-state index contributed by atoms with van der Waals surface area (Å²) in [6, 6.07) is 4.79. The van der Waals surface area contributed by atoms with Gasteiger partial charge >= 0.3 is 6.18 Å². The van der Waals surface area contributed by atoms with Crippen molar-refractivity contribution in [2.75, 3.05) is 12.5 Å². The SMILES string of the molecule is Cc1ccc(OCC(F)(F)F)c(C#CCCl)c1. The topological polar surface area (TPSA) is 9.23 Å². The highest BCUT2D eigenvalue weighted by Crippen LogP contribution is 2.22. The van der Waals surface area contributed by atoms with E-state index in [4.69, 9.17) is 11.6 Å². The number of benzene rings is 1. The molecule has 0 atom stereocenters. The summed E-state index contributed by atoms with van der Waals surface area (Å²) in [5, 5.41) is 0. The van der Waals surface area contributed by atoms with Crippen molar-refractivity contribution in [1.29, 1.82) is 0 Å². The number of alkyl halides is 4. The average Bonchev–Trinajstić information content (AvgIpc) is 2.23. The second kappa shape index (κ2) is 5.83. The number of aryl methyl sites for hydroxylation is 1. The van der Waals surface area contributed by atoms with Gasteiger partial charge in [-0.1, -0.05) is 17.9 Å². The molecule has 0 fully saturated rings. The van der Waals surface area contributed by atoms with Gasteiger partial charge in [-0.05, 0) is 24.6 Å². The molecule has 5 heteroatoms. The van der Waals surface area contributed by atoms with Crippen LogP contribution in [0.15, 0.2) is 18.2 Å². The van der Waals surface area contributed by atoms with Crippen LogP contribution in [0, 0.1) is 18.8 Å². The van der Waals surface area contributed by atoms with Crippen molar-refractivity contribution in [2.24, 2.45) is 0 Å². The molecule has 0 radical (unpaired) electrons. The molecule has 0 saturated heterocycles. The Kier molecular flexibility index (Phi) is 4.71. The van der Waals surface area contributed by atoms with Crippen LogP contribution in [0.5, 0.6) is 5.75 Å². The molecule has 0 aromatic heterocycles. The van der Waals surface area contributed by atoms with Crippen LogP contribution in [0.3, 0.4) is 0 Å². The van der Waals surface area contributed by atoms with E-state index in [0.717, 1.165) is 5.56 Å². The second-order valence-corrected chi connectivity index (χ2v) is 3.61. The van der Waals surface area contributed by atoms with Gasteiger partial charge < -0.3 is 4.74 Å². The van der Waals surface area contributed by atoms with Gasteiger partial charge in [0.2, 0.25) is 0 Å². The van der Waals surface area contributed by atoms with Crippen LogP contribution < -0.4 is 4.74 Å². The van der Waals surface area contributed by atoms with Crippen molar-refractivity contribution in [3.63, 3.8) is 0 Å². The molecule has 0 saturated carbocycles. The van der Waals surface area contributed by atoms with Gasteiger partial charge in [-0.3, -0.25) is 0 Å². The predicted molar refractivity (Wildman–Crippen MR) is 60.3 cm³/mol. The monoisotopic (exact) mass is 262 g/mol. The number of rotatable bonds is 2. The maximum absolute atomic E-state index is 12.0. The van der Waals surface area contributed by atoms with Gasteiger partial charge in [0.05, 0.1) is 11.4 Å². The maximum atomic E-state index is 12.0. The lowest BCUT2D eigenvalue weighted by Crippen LogP contribution is -2.19. The molecule has 1 aromatic carbocycles. The van der Waals surface area contributed by atoms with Gasteiger partial charge in [0.1, 0.15) is 5.75 Å². The fraction of sp³-hybridized carbons (Fsp3) is 0.333. The van der Waals surface area contributed by atoms with Crippen LogP contribution in [0.4, 0.5) is 13.2 Å². The van der Waals surface area contributed by atoms with Crippen molar-refractivity contribution < 1.29 is 17.9 Å². The van der Waals surface area contributed by atoms with Crippen molar-refractivity contribution in [2.45, 2.75) is 13.1 Å². The number of hydrogen-bond donors (Lipinski definition) is 0. The van der Waals surface area contributed by atoms with Gasteiger partial charge in [-0.2, -0.15) is 13.2 Å². The minimum atomic E-state index is -4.36. The number of hydrogen-bond acceptors (Lipinski definition) is 1. The van der Waals surface area contributed by atoms with E-state index < -0.39 is 12.8 Å². The minimum Gasteiger partial charge on any atom is -0.483 e. The zero-order chi connectivity index (χ0) is 12.9. The van der Waals surface area contributed by atoms with Crippen molar-refractivity contribution in [3.05, 3.63) is 29.3 Å². The number of ether oxygens (including phenoxy) is 1. The third-order valence-electron chi connectivity index (χ3n) is 1.82. The van der Waals surface area contributed by atoms with Gasteiger partial charge in [0.25, 0.3) is 0 Å². The molecule has 0 unspecified atom stereocenters. The molecule has 92 valence electrons. The molecular weight excluding hydrogens is 253 g/mol. The Morgan fingerprint density at radius 2 is 2.06 bits per heavy atom. The second-order valence-electron chi connectivity index (χ2n) is 3.34. The van der Waals surface area contributed by atoms with Crippen LogP contribution in [0.1, 0.15) is 11.1 Å². The Balaban J connectivity index is 2.90. The first-order chi connectivity index (χ1) is 7.92. The molecule has 1 nitrogen and oxygen atoms in total. The summed E-state index contributed by atoms with van der Waals surface area (Å²) in [6.07, 6.45) is -4.36. The molecule has 1 aromatic rings. The van der Waals surface area contributed by atoms with E-state index in [1.165, 1.54) is 6.07 Å². The first kappa shape index (κ1) is 13.7. The van der Waals surface area contributed by atoms with Gasteiger partial charge in [-0.25, -0.2) is 0 Å². The molecule has 0 aliphatic rings. The average molecular weight is 263 g/mol. The van der Waals surface area contributed by atoms with Crippen LogP contribution in [-0.4, -0.2) is 18.7 Å². The zero-order valence-electron chi connectivity index (χ0n) is 9.07. The van der Waals surface area contributed by atoms with E-state index in [0.29, 0.717) is 5.56 Å². The Morgan fingerprint density at radius 1 is 1.35 bits per heavy atom. The minimum absolute atomic E-state index is 0.116. The van der Waals surface area contributed by atoms with Gasteiger partial charge in [0, 0.05) is 0 Å². The van der Waals surface area contributed by atoms with E-state index in [-0.39, 0.29) is 11.6 Å². The smallest absolute Gasteiger partial charge is 0.422 e. The fourth-order valence-corrected chi connectivity index (χ4v) is 1.22.